The number of alkyl halides is 3. The van der Waals surface area contributed by atoms with Crippen LogP contribution in [0.1, 0.15) is 0 Å². The summed E-state index contributed by atoms with van der Waals surface area (Å²) in [6.07, 6.45) is -9.39. The van der Waals surface area contributed by atoms with Crippen molar-refractivity contribution >= 4 is 86.2 Å². The molecule has 9 atom stereocenters. The van der Waals surface area contributed by atoms with Crippen molar-refractivity contribution in [2.45, 2.75) is 54.1 Å². The molecule has 2 saturated heterocycles. The third-order valence-electron chi connectivity index (χ3n) is 3.96. The van der Waals surface area contributed by atoms with Crippen LogP contribution in [0.25, 0.3) is 0 Å². The SMILES string of the molecule is OC[C@H]1O[C@H](O[C@]2(CCl)O[C@H](CCl)[C@@H](O)[C@@H]2O)[C@H](O)[C@@H](O)[C@H]1Cl.[KH]. The Morgan fingerprint density at radius 3 is 2.08 bits per heavy atom. The molecule has 0 radical (unpaired) electrons. The van der Waals surface area contributed by atoms with Crippen molar-refractivity contribution in [2.24, 2.45) is 0 Å². The van der Waals surface area contributed by atoms with Gasteiger partial charge in [0.25, 0.3) is 0 Å². The topological polar surface area (TPSA) is 129 Å². The van der Waals surface area contributed by atoms with Crippen LogP contribution in [0.2, 0.25) is 0 Å². The molecule has 0 amide bonds. The van der Waals surface area contributed by atoms with Gasteiger partial charge < -0.3 is 39.7 Å². The Morgan fingerprint density at radius 2 is 1.62 bits per heavy atom. The van der Waals surface area contributed by atoms with E-state index in [2.05, 4.69) is 0 Å². The molecule has 0 aromatic heterocycles. The van der Waals surface area contributed by atoms with Gasteiger partial charge in [-0.1, -0.05) is 0 Å². The molecule has 12 heteroatoms. The maximum atomic E-state index is 10.1. The minimum atomic E-state index is -1.90. The van der Waals surface area contributed by atoms with Crippen LogP contribution in [0, 0.1) is 0 Å². The Hall–Kier alpha value is 2.19. The summed E-state index contributed by atoms with van der Waals surface area (Å²) in [6.45, 7) is -0.526. The van der Waals surface area contributed by atoms with Crippen LogP contribution >= 0.6 is 34.8 Å². The normalized spacial score (nSPS) is 49.0. The second-order valence-electron chi connectivity index (χ2n) is 5.46. The molecular formula is C12H20Cl3KO8. The molecule has 0 aliphatic carbocycles. The van der Waals surface area contributed by atoms with Crippen LogP contribution in [0.15, 0.2) is 0 Å². The summed E-state index contributed by atoms with van der Waals surface area (Å²) in [4.78, 5) is 0. The zero-order chi connectivity index (χ0) is 17.4. The van der Waals surface area contributed by atoms with E-state index in [0.717, 1.165) is 0 Å². The zero-order valence-electron chi connectivity index (χ0n) is 11.8. The Kier molecular flexibility index (Phi) is 10.2. The van der Waals surface area contributed by atoms with Crippen LogP contribution in [0.4, 0.5) is 0 Å². The predicted octanol–water partition coefficient (Wildman–Crippen LogP) is -2.30. The van der Waals surface area contributed by atoms with Gasteiger partial charge >= 0.3 is 51.4 Å². The number of aliphatic hydroxyl groups excluding tert-OH is 5. The van der Waals surface area contributed by atoms with Crippen molar-refractivity contribution in [3.63, 3.8) is 0 Å². The quantitative estimate of drug-likeness (QED) is 0.240. The van der Waals surface area contributed by atoms with Gasteiger partial charge in [0, 0.05) is 0 Å². The molecule has 2 aliphatic heterocycles. The summed E-state index contributed by atoms with van der Waals surface area (Å²) in [5.74, 6) is -2.43. The van der Waals surface area contributed by atoms with E-state index in [1.165, 1.54) is 0 Å². The standard InChI is InChI=1S/C12H19Cl3O8.K.H/c13-1-4-7(17)10(20)12(3-14,22-4)23-11-9(19)8(18)6(15)5(2-16)21-11;;/h4-11,16-20H,1-3H2;;/t4-,5-,6+,7-,8+,9-,10+,11-,12+;;/m1../s1. The third kappa shape index (κ3) is 4.60. The van der Waals surface area contributed by atoms with E-state index in [1.807, 2.05) is 0 Å². The number of aliphatic hydroxyl groups is 5. The zero-order valence-corrected chi connectivity index (χ0v) is 14.1. The number of halogens is 3. The summed E-state index contributed by atoms with van der Waals surface area (Å²) in [5.41, 5.74) is 0. The Bertz CT molecular complexity index is 408. The minimum absolute atomic E-state index is 0. The molecule has 0 saturated carbocycles. The van der Waals surface area contributed by atoms with Crippen LogP contribution in [-0.2, 0) is 14.2 Å². The van der Waals surface area contributed by atoms with Crippen molar-refractivity contribution in [1.82, 2.24) is 0 Å². The van der Waals surface area contributed by atoms with Gasteiger partial charge in [0.15, 0.2) is 6.29 Å². The van der Waals surface area contributed by atoms with Gasteiger partial charge in [-0.05, 0) is 0 Å². The third-order valence-corrected chi connectivity index (χ3v) is 5.17. The van der Waals surface area contributed by atoms with Crippen molar-refractivity contribution in [2.75, 3.05) is 18.4 Å². The summed E-state index contributed by atoms with van der Waals surface area (Å²) >= 11 is 17.3. The van der Waals surface area contributed by atoms with E-state index >= 15 is 0 Å². The first kappa shape index (κ1) is 24.2. The molecule has 24 heavy (non-hydrogen) atoms. The Morgan fingerprint density at radius 1 is 1.00 bits per heavy atom. The van der Waals surface area contributed by atoms with Gasteiger partial charge in [0.05, 0.1) is 23.7 Å². The first-order valence-corrected chi connectivity index (χ1v) is 8.42. The molecule has 0 unspecified atom stereocenters. The van der Waals surface area contributed by atoms with Gasteiger partial charge in [-0.2, -0.15) is 0 Å². The first-order chi connectivity index (χ1) is 10.8. The fourth-order valence-corrected chi connectivity index (χ4v) is 3.37. The molecule has 8 nitrogen and oxygen atoms in total. The van der Waals surface area contributed by atoms with Crippen LogP contribution in [0.5, 0.6) is 0 Å². The van der Waals surface area contributed by atoms with E-state index in [0.29, 0.717) is 0 Å². The van der Waals surface area contributed by atoms with Gasteiger partial charge in [-0.3, -0.25) is 0 Å². The fourth-order valence-electron chi connectivity index (χ4n) is 2.56. The molecule has 0 aromatic rings. The number of hydrogen-bond donors (Lipinski definition) is 5. The summed E-state index contributed by atoms with van der Waals surface area (Å²) in [6, 6.07) is 0. The molecular weight excluding hydrogens is 418 g/mol. The molecule has 2 rings (SSSR count). The fraction of sp³-hybridized carbons (Fsp3) is 1.00. The van der Waals surface area contributed by atoms with E-state index in [9.17, 15) is 25.5 Å². The molecule has 138 valence electrons. The van der Waals surface area contributed by atoms with Gasteiger partial charge in [-0.15, -0.1) is 34.8 Å². The summed E-state index contributed by atoms with van der Waals surface area (Å²) in [7, 11) is 0. The molecule has 5 N–H and O–H groups in total. The van der Waals surface area contributed by atoms with Crippen molar-refractivity contribution < 1.29 is 39.7 Å². The Labute approximate surface area is 196 Å². The second-order valence-corrected chi connectivity index (χ2v) is 6.54. The van der Waals surface area contributed by atoms with E-state index in [4.69, 9.17) is 49.0 Å². The molecule has 0 aromatic carbocycles. The van der Waals surface area contributed by atoms with Gasteiger partial charge in [0.1, 0.15) is 36.6 Å². The molecule has 0 bridgehead atoms. The molecule has 2 fully saturated rings. The predicted molar refractivity (Wildman–Crippen MR) is 86.7 cm³/mol. The maximum absolute atomic E-state index is 10.1. The van der Waals surface area contributed by atoms with Crippen LogP contribution in [-0.4, -0.2) is 149 Å². The van der Waals surface area contributed by atoms with Gasteiger partial charge in [0.2, 0.25) is 5.79 Å². The average molecular weight is 438 g/mol. The van der Waals surface area contributed by atoms with Crippen molar-refractivity contribution in [3.8, 4) is 0 Å². The monoisotopic (exact) mass is 436 g/mol. The van der Waals surface area contributed by atoms with E-state index in [-0.39, 0.29) is 57.3 Å². The first-order valence-electron chi connectivity index (χ1n) is 6.91. The van der Waals surface area contributed by atoms with Gasteiger partial charge in [-0.25, -0.2) is 0 Å². The van der Waals surface area contributed by atoms with Crippen LogP contribution < -0.4 is 0 Å². The number of ether oxygens (including phenoxy) is 3. The summed E-state index contributed by atoms with van der Waals surface area (Å²) < 4.78 is 16.1. The number of rotatable bonds is 5. The number of hydrogen-bond acceptors (Lipinski definition) is 8. The molecule has 0 spiro atoms. The van der Waals surface area contributed by atoms with E-state index < -0.39 is 66.6 Å². The molecule has 2 aliphatic rings. The van der Waals surface area contributed by atoms with Crippen LogP contribution in [0.3, 0.4) is 0 Å². The van der Waals surface area contributed by atoms with Crippen molar-refractivity contribution in [1.29, 1.82) is 0 Å². The molecule has 2 heterocycles. The average Bonchev–Trinajstić information content (AvgIpc) is 2.80. The second kappa shape index (κ2) is 10.1. The Balaban J connectivity index is 0.00000288. The summed E-state index contributed by atoms with van der Waals surface area (Å²) in [5, 5.41) is 48.1. The van der Waals surface area contributed by atoms with E-state index in [1.54, 1.807) is 0 Å². The van der Waals surface area contributed by atoms with Crippen molar-refractivity contribution in [3.05, 3.63) is 0 Å².